The zero-order valence-electron chi connectivity index (χ0n) is 12.5. The largest absolute Gasteiger partial charge is 0.338 e. The van der Waals surface area contributed by atoms with E-state index in [0.717, 1.165) is 12.0 Å². The summed E-state index contributed by atoms with van der Waals surface area (Å²) in [5.74, 6) is -0.138. The average molecular weight is 274 g/mol. The van der Waals surface area contributed by atoms with Crippen LogP contribution in [0.1, 0.15) is 45.7 Å². The Bertz CT molecular complexity index is 510. The molecule has 0 radical (unpaired) electrons. The summed E-state index contributed by atoms with van der Waals surface area (Å²) < 4.78 is 0. The summed E-state index contributed by atoms with van der Waals surface area (Å²) in [5, 5.41) is 2.85. The van der Waals surface area contributed by atoms with Gasteiger partial charge in [-0.3, -0.25) is 9.59 Å². The van der Waals surface area contributed by atoms with Crippen LogP contribution in [-0.4, -0.2) is 28.3 Å². The van der Waals surface area contributed by atoms with Crippen LogP contribution in [0, 0.1) is 0 Å². The lowest BCUT2D eigenvalue weighted by Crippen LogP contribution is -2.67. The van der Waals surface area contributed by atoms with E-state index in [-0.39, 0.29) is 17.9 Å². The van der Waals surface area contributed by atoms with E-state index in [4.69, 9.17) is 0 Å². The number of carbonyl (C=O) groups excluding carboxylic acids is 2. The summed E-state index contributed by atoms with van der Waals surface area (Å²) in [7, 11) is 0. The van der Waals surface area contributed by atoms with E-state index < -0.39 is 11.6 Å². The first-order valence-electron chi connectivity index (χ1n) is 7.08. The van der Waals surface area contributed by atoms with Gasteiger partial charge >= 0.3 is 0 Å². The molecule has 0 spiro atoms. The third kappa shape index (κ3) is 2.30. The van der Waals surface area contributed by atoms with Gasteiger partial charge in [-0.15, -0.1) is 0 Å². The van der Waals surface area contributed by atoms with Gasteiger partial charge in [0.2, 0.25) is 5.91 Å². The van der Waals surface area contributed by atoms with Crippen LogP contribution in [-0.2, 0) is 9.59 Å². The number of hydrogen-bond acceptors (Lipinski definition) is 2. The number of nitrogens with one attached hydrogen (secondary N) is 1. The fraction of sp³-hybridized carbons (Fsp3) is 0.500. The van der Waals surface area contributed by atoms with E-state index in [1.54, 1.807) is 18.7 Å². The topological polar surface area (TPSA) is 49.4 Å². The summed E-state index contributed by atoms with van der Waals surface area (Å²) in [5.41, 5.74) is 0.0206. The van der Waals surface area contributed by atoms with Crippen molar-refractivity contribution in [2.45, 2.75) is 51.7 Å². The number of hydrogen-bond donors (Lipinski definition) is 1. The summed E-state index contributed by atoms with van der Waals surface area (Å²) in [6.07, 6.45) is 0.823. The molecule has 1 aromatic rings. The predicted octanol–water partition coefficient (Wildman–Crippen LogP) is 2.26. The van der Waals surface area contributed by atoms with Crippen LogP contribution in [0.3, 0.4) is 0 Å². The first-order valence-corrected chi connectivity index (χ1v) is 7.08. The third-order valence-corrected chi connectivity index (χ3v) is 4.08. The van der Waals surface area contributed by atoms with Crippen molar-refractivity contribution in [2.75, 3.05) is 0 Å². The second-order valence-electron chi connectivity index (χ2n) is 5.84. The molecular formula is C16H22N2O2. The Morgan fingerprint density at radius 2 is 1.85 bits per heavy atom. The Kier molecular flexibility index (Phi) is 3.84. The molecular weight excluding hydrogens is 252 g/mol. The van der Waals surface area contributed by atoms with E-state index in [1.165, 1.54) is 0 Å². The predicted molar refractivity (Wildman–Crippen MR) is 78.0 cm³/mol. The molecule has 0 aliphatic carbocycles. The highest BCUT2D eigenvalue weighted by molar-refractivity contribution is 5.99. The fourth-order valence-corrected chi connectivity index (χ4v) is 2.72. The molecule has 1 aromatic carbocycles. The van der Waals surface area contributed by atoms with Gasteiger partial charge in [-0.05, 0) is 32.8 Å². The van der Waals surface area contributed by atoms with Gasteiger partial charge < -0.3 is 10.2 Å². The van der Waals surface area contributed by atoms with Crippen LogP contribution >= 0.6 is 0 Å². The molecule has 1 saturated heterocycles. The van der Waals surface area contributed by atoms with Gasteiger partial charge in [-0.2, -0.15) is 0 Å². The van der Waals surface area contributed by atoms with Crippen LogP contribution in [0.15, 0.2) is 30.3 Å². The minimum atomic E-state index is -0.808. The average Bonchev–Trinajstić information content (AvgIpc) is 2.43. The van der Waals surface area contributed by atoms with Crippen molar-refractivity contribution in [2.24, 2.45) is 0 Å². The number of amides is 2. The molecule has 2 rings (SSSR count). The Hall–Kier alpha value is -1.84. The highest BCUT2D eigenvalue weighted by Gasteiger charge is 2.48. The highest BCUT2D eigenvalue weighted by atomic mass is 16.2. The van der Waals surface area contributed by atoms with Crippen molar-refractivity contribution >= 4 is 11.8 Å². The van der Waals surface area contributed by atoms with E-state index in [2.05, 4.69) is 5.32 Å². The first-order chi connectivity index (χ1) is 9.39. The SMILES string of the molecule is CCC(C)N1C(=O)C(c2ccccc2)NC(=O)C1(C)C. The molecule has 1 aliphatic rings. The van der Waals surface area contributed by atoms with Gasteiger partial charge in [-0.1, -0.05) is 37.3 Å². The molecule has 1 fully saturated rings. The molecule has 2 atom stereocenters. The van der Waals surface area contributed by atoms with Crippen LogP contribution in [0.2, 0.25) is 0 Å². The van der Waals surface area contributed by atoms with E-state index in [0.29, 0.717) is 0 Å². The zero-order valence-corrected chi connectivity index (χ0v) is 12.5. The number of nitrogens with zero attached hydrogens (tertiary/aromatic N) is 1. The summed E-state index contributed by atoms with van der Waals surface area (Å²) in [6, 6.07) is 8.85. The second-order valence-corrected chi connectivity index (χ2v) is 5.84. The maximum Gasteiger partial charge on any atom is 0.250 e. The fourth-order valence-electron chi connectivity index (χ4n) is 2.72. The molecule has 4 nitrogen and oxygen atoms in total. The second kappa shape index (κ2) is 5.27. The van der Waals surface area contributed by atoms with Gasteiger partial charge in [-0.25, -0.2) is 0 Å². The van der Waals surface area contributed by atoms with Gasteiger partial charge in [0.25, 0.3) is 5.91 Å². The van der Waals surface area contributed by atoms with E-state index in [9.17, 15) is 9.59 Å². The summed E-state index contributed by atoms with van der Waals surface area (Å²) >= 11 is 0. The van der Waals surface area contributed by atoms with Crippen LogP contribution < -0.4 is 5.32 Å². The standard InChI is InChI=1S/C16H22N2O2/c1-5-11(2)18-14(19)13(12-9-7-6-8-10-12)17-15(20)16(18,3)4/h6-11,13H,5H2,1-4H3,(H,17,20). The first kappa shape index (κ1) is 14.6. The normalized spacial score (nSPS) is 23.4. The molecule has 108 valence electrons. The maximum atomic E-state index is 12.8. The molecule has 1 heterocycles. The highest BCUT2D eigenvalue weighted by Crippen LogP contribution is 2.30. The third-order valence-electron chi connectivity index (χ3n) is 4.08. The van der Waals surface area contributed by atoms with Crippen LogP contribution in [0.5, 0.6) is 0 Å². The quantitative estimate of drug-likeness (QED) is 0.919. The molecule has 0 saturated carbocycles. The minimum absolute atomic E-state index is 0.0323. The molecule has 1 N–H and O–H groups in total. The Balaban J connectivity index is 2.40. The van der Waals surface area contributed by atoms with Crippen molar-refractivity contribution in [1.82, 2.24) is 10.2 Å². The Morgan fingerprint density at radius 1 is 1.25 bits per heavy atom. The number of carbonyl (C=O) groups is 2. The maximum absolute atomic E-state index is 12.8. The molecule has 0 aromatic heterocycles. The Morgan fingerprint density at radius 3 is 2.40 bits per heavy atom. The van der Waals surface area contributed by atoms with Crippen molar-refractivity contribution < 1.29 is 9.59 Å². The van der Waals surface area contributed by atoms with E-state index in [1.807, 2.05) is 44.2 Å². The van der Waals surface area contributed by atoms with Crippen molar-refractivity contribution in [3.8, 4) is 0 Å². The summed E-state index contributed by atoms with van der Waals surface area (Å²) in [4.78, 5) is 26.9. The van der Waals surface area contributed by atoms with Gasteiger partial charge in [0.1, 0.15) is 11.6 Å². The molecule has 1 aliphatic heterocycles. The minimum Gasteiger partial charge on any atom is -0.338 e. The molecule has 20 heavy (non-hydrogen) atoms. The molecule has 2 amide bonds. The number of piperazine rings is 1. The van der Waals surface area contributed by atoms with Crippen LogP contribution in [0.25, 0.3) is 0 Å². The lowest BCUT2D eigenvalue weighted by molar-refractivity contribution is -0.158. The summed E-state index contributed by atoms with van der Waals surface area (Å²) in [6.45, 7) is 7.61. The molecule has 2 unspecified atom stereocenters. The lowest BCUT2D eigenvalue weighted by atomic mass is 9.90. The van der Waals surface area contributed by atoms with Crippen molar-refractivity contribution in [3.05, 3.63) is 35.9 Å². The number of rotatable bonds is 3. The van der Waals surface area contributed by atoms with Gasteiger partial charge in [0, 0.05) is 6.04 Å². The van der Waals surface area contributed by atoms with Gasteiger partial charge in [0.05, 0.1) is 0 Å². The molecule has 4 heteroatoms. The van der Waals surface area contributed by atoms with Crippen molar-refractivity contribution in [1.29, 1.82) is 0 Å². The zero-order chi connectivity index (χ0) is 14.9. The molecule has 0 bridgehead atoms. The Labute approximate surface area is 120 Å². The van der Waals surface area contributed by atoms with Gasteiger partial charge in [0.15, 0.2) is 0 Å². The smallest absolute Gasteiger partial charge is 0.250 e. The number of benzene rings is 1. The lowest BCUT2D eigenvalue weighted by Gasteiger charge is -2.47. The van der Waals surface area contributed by atoms with E-state index >= 15 is 0 Å². The van der Waals surface area contributed by atoms with Crippen LogP contribution in [0.4, 0.5) is 0 Å². The van der Waals surface area contributed by atoms with Crippen molar-refractivity contribution in [3.63, 3.8) is 0 Å². The monoisotopic (exact) mass is 274 g/mol.